The molecule has 0 saturated carbocycles. The molecular weight excluding hydrogens is 304 g/mol. The van der Waals surface area contributed by atoms with Gasteiger partial charge in [-0.1, -0.05) is 0 Å². The van der Waals surface area contributed by atoms with E-state index in [4.69, 9.17) is 4.74 Å². The molecule has 3 rings (SSSR count). The average molecular weight is 330 g/mol. The molecule has 2 aromatic rings. The summed E-state index contributed by atoms with van der Waals surface area (Å²) < 4.78 is 8.00. The lowest BCUT2D eigenvalue weighted by molar-refractivity contribution is -0.0645. The SMILES string of the molecule is CC(Cc1cnccn1)NC[C@@H]1OCCN(C)[C@H]1c1ccnn1C. The summed E-state index contributed by atoms with van der Waals surface area (Å²) in [7, 11) is 4.13. The third-order valence-electron chi connectivity index (χ3n) is 4.56. The Morgan fingerprint density at radius 2 is 2.21 bits per heavy atom. The van der Waals surface area contributed by atoms with Crippen molar-refractivity contribution in [2.75, 3.05) is 26.7 Å². The van der Waals surface area contributed by atoms with Crippen LogP contribution in [0.15, 0.2) is 30.9 Å². The number of nitrogens with one attached hydrogen (secondary N) is 1. The molecule has 1 fully saturated rings. The molecule has 1 unspecified atom stereocenters. The van der Waals surface area contributed by atoms with Crippen LogP contribution in [0.25, 0.3) is 0 Å². The van der Waals surface area contributed by atoms with Crippen LogP contribution in [0.1, 0.15) is 24.4 Å². The summed E-state index contributed by atoms with van der Waals surface area (Å²) in [4.78, 5) is 10.8. The summed E-state index contributed by atoms with van der Waals surface area (Å²) in [6.07, 6.45) is 8.06. The van der Waals surface area contributed by atoms with E-state index in [1.54, 1.807) is 12.4 Å². The predicted octanol–water partition coefficient (Wildman–Crippen LogP) is 0.803. The van der Waals surface area contributed by atoms with Gasteiger partial charge in [0, 0.05) is 57.4 Å². The van der Waals surface area contributed by atoms with Gasteiger partial charge in [0.15, 0.2) is 0 Å². The van der Waals surface area contributed by atoms with Gasteiger partial charge in [0.1, 0.15) is 0 Å². The number of morpholine rings is 1. The normalized spacial score (nSPS) is 23.3. The highest BCUT2D eigenvalue weighted by Gasteiger charge is 2.33. The van der Waals surface area contributed by atoms with E-state index >= 15 is 0 Å². The average Bonchev–Trinajstić information content (AvgIpc) is 2.99. The first kappa shape index (κ1) is 17.0. The Labute approximate surface area is 143 Å². The minimum atomic E-state index is 0.100. The van der Waals surface area contributed by atoms with Crippen LogP contribution >= 0.6 is 0 Å². The minimum absolute atomic E-state index is 0.100. The second kappa shape index (κ2) is 7.83. The number of rotatable bonds is 6. The largest absolute Gasteiger partial charge is 0.374 e. The Morgan fingerprint density at radius 1 is 1.33 bits per heavy atom. The number of hydrogen-bond donors (Lipinski definition) is 1. The van der Waals surface area contributed by atoms with Gasteiger partial charge >= 0.3 is 0 Å². The summed E-state index contributed by atoms with van der Waals surface area (Å²) in [5.74, 6) is 0. The number of aryl methyl sites for hydroxylation is 1. The fraction of sp³-hybridized carbons (Fsp3) is 0.588. The van der Waals surface area contributed by atoms with Crippen LogP contribution in [0.3, 0.4) is 0 Å². The molecule has 1 N–H and O–H groups in total. The molecule has 0 aromatic carbocycles. The molecule has 7 nitrogen and oxygen atoms in total. The molecule has 0 aliphatic carbocycles. The van der Waals surface area contributed by atoms with Crippen molar-refractivity contribution in [2.24, 2.45) is 7.05 Å². The number of likely N-dealkylation sites (N-methyl/N-ethyl adjacent to an activating group) is 1. The van der Waals surface area contributed by atoms with Crippen LogP contribution in [0.4, 0.5) is 0 Å². The molecule has 1 aliphatic rings. The van der Waals surface area contributed by atoms with Crippen molar-refractivity contribution in [1.82, 2.24) is 30.0 Å². The second-order valence-electron chi connectivity index (χ2n) is 6.42. The maximum absolute atomic E-state index is 6.07. The van der Waals surface area contributed by atoms with Gasteiger partial charge in [-0.25, -0.2) is 0 Å². The van der Waals surface area contributed by atoms with Crippen LogP contribution in [-0.2, 0) is 18.2 Å². The van der Waals surface area contributed by atoms with Gasteiger partial charge in [0.25, 0.3) is 0 Å². The van der Waals surface area contributed by atoms with Crippen molar-refractivity contribution in [2.45, 2.75) is 31.5 Å². The lowest BCUT2D eigenvalue weighted by atomic mass is 10.0. The number of hydrogen-bond acceptors (Lipinski definition) is 6. The summed E-state index contributed by atoms with van der Waals surface area (Å²) in [5.41, 5.74) is 2.19. The fourth-order valence-corrected chi connectivity index (χ4v) is 3.26. The number of aromatic nitrogens is 4. The molecule has 24 heavy (non-hydrogen) atoms. The lowest BCUT2D eigenvalue weighted by Gasteiger charge is -2.39. The van der Waals surface area contributed by atoms with Crippen molar-refractivity contribution in [1.29, 1.82) is 0 Å². The van der Waals surface area contributed by atoms with Crippen molar-refractivity contribution in [3.05, 3.63) is 42.2 Å². The predicted molar refractivity (Wildman–Crippen MR) is 91.5 cm³/mol. The first-order valence-electron chi connectivity index (χ1n) is 8.43. The van der Waals surface area contributed by atoms with Gasteiger partial charge in [-0.05, 0) is 20.0 Å². The zero-order valence-electron chi connectivity index (χ0n) is 14.6. The topological polar surface area (TPSA) is 68.1 Å². The third kappa shape index (κ3) is 3.98. The highest BCUT2D eigenvalue weighted by Crippen LogP contribution is 2.27. The van der Waals surface area contributed by atoms with Gasteiger partial charge in [-0.15, -0.1) is 0 Å². The van der Waals surface area contributed by atoms with Gasteiger partial charge in [0.05, 0.1) is 30.1 Å². The van der Waals surface area contributed by atoms with E-state index in [1.165, 1.54) is 5.69 Å². The summed E-state index contributed by atoms with van der Waals surface area (Å²) in [6.45, 7) is 4.65. The number of nitrogens with zero attached hydrogens (tertiary/aromatic N) is 5. The molecule has 0 bridgehead atoms. The highest BCUT2D eigenvalue weighted by atomic mass is 16.5. The van der Waals surface area contributed by atoms with Crippen molar-refractivity contribution >= 4 is 0 Å². The van der Waals surface area contributed by atoms with E-state index in [1.807, 2.05) is 24.1 Å². The van der Waals surface area contributed by atoms with Crippen molar-refractivity contribution in [3.8, 4) is 0 Å². The Balaban J connectivity index is 1.61. The third-order valence-corrected chi connectivity index (χ3v) is 4.56. The van der Waals surface area contributed by atoms with Crippen molar-refractivity contribution in [3.63, 3.8) is 0 Å². The lowest BCUT2D eigenvalue weighted by Crippen LogP contribution is -2.49. The molecule has 2 aromatic heterocycles. The Morgan fingerprint density at radius 3 is 2.92 bits per heavy atom. The van der Waals surface area contributed by atoms with E-state index in [9.17, 15) is 0 Å². The first-order chi connectivity index (χ1) is 11.6. The van der Waals surface area contributed by atoms with Crippen LogP contribution in [0.5, 0.6) is 0 Å². The van der Waals surface area contributed by atoms with E-state index in [-0.39, 0.29) is 12.1 Å². The summed E-state index contributed by atoms with van der Waals surface area (Å²) in [6, 6.07) is 2.60. The molecule has 1 aliphatic heterocycles. The molecule has 3 heterocycles. The number of ether oxygens (including phenoxy) is 1. The van der Waals surface area contributed by atoms with E-state index in [2.05, 4.69) is 45.3 Å². The van der Waals surface area contributed by atoms with E-state index in [0.717, 1.165) is 31.8 Å². The molecule has 3 atom stereocenters. The zero-order chi connectivity index (χ0) is 16.9. The fourth-order valence-electron chi connectivity index (χ4n) is 3.26. The van der Waals surface area contributed by atoms with Crippen LogP contribution in [0, 0.1) is 0 Å². The molecule has 130 valence electrons. The highest BCUT2D eigenvalue weighted by molar-refractivity contribution is 5.10. The van der Waals surface area contributed by atoms with Crippen LogP contribution < -0.4 is 5.32 Å². The maximum Gasteiger partial charge on any atom is 0.0911 e. The monoisotopic (exact) mass is 330 g/mol. The smallest absolute Gasteiger partial charge is 0.0911 e. The Kier molecular flexibility index (Phi) is 5.55. The molecule has 0 radical (unpaired) electrons. The van der Waals surface area contributed by atoms with Gasteiger partial charge in [-0.3, -0.25) is 19.5 Å². The van der Waals surface area contributed by atoms with Gasteiger partial charge in [-0.2, -0.15) is 5.10 Å². The molecule has 0 spiro atoms. The van der Waals surface area contributed by atoms with Crippen LogP contribution in [0.2, 0.25) is 0 Å². The van der Waals surface area contributed by atoms with E-state index < -0.39 is 0 Å². The maximum atomic E-state index is 6.07. The Bertz CT molecular complexity index is 631. The molecule has 1 saturated heterocycles. The molecule has 7 heteroatoms. The standard InChI is InChI=1S/C17H26N6O/c1-13(10-14-11-18-6-7-19-14)20-12-16-17(22(2)8-9-24-16)15-4-5-21-23(15)3/h4-7,11,13,16-17,20H,8-10,12H2,1-3H3/t13?,16-,17-/m0/s1. The van der Waals surface area contributed by atoms with Crippen LogP contribution in [-0.4, -0.2) is 63.5 Å². The van der Waals surface area contributed by atoms with Gasteiger partial charge < -0.3 is 10.1 Å². The first-order valence-corrected chi connectivity index (χ1v) is 8.43. The minimum Gasteiger partial charge on any atom is -0.374 e. The quantitative estimate of drug-likeness (QED) is 0.845. The Hall–Kier alpha value is -1.83. The second-order valence-corrected chi connectivity index (χ2v) is 6.42. The zero-order valence-corrected chi connectivity index (χ0v) is 14.6. The summed E-state index contributed by atoms with van der Waals surface area (Å²) >= 11 is 0. The van der Waals surface area contributed by atoms with Crippen molar-refractivity contribution < 1.29 is 4.74 Å². The van der Waals surface area contributed by atoms with E-state index in [0.29, 0.717) is 6.04 Å². The van der Waals surface area contributed by atoms with Gasteiger partial charge in [0.2, 0.25) is 0 Å². The summed E-state index contributed by atoms with van der Waals surface area (Å²) in [5, 5.41) is 7.89. The molecular formula is C17H26N6O. The molecule has 0 amide bonds.